The van der Waals surface area contributed by atoms with Crippen LogP contribution in [0.5, 0.6) is 11.9 Å². The standard InChI is InChI=1S/C14H20N4O4/c1-4-5-8-6-9(16-13(20)15-8)12(19)10-7-11(21-2)18-14(17-10)22-3/h4,7-9,12,19H,1,5-6H2,2-3H3,(H2,15,16,20)/t8-,9-,12+/m1/s1. The van der Waals surface area contributed by atoms with Gasteiger partial charge >= 0.3 is 12.0 Å². The highest BCUT2D eigenvalue weighted by Gasteiger charge is 2.32. The van der Waals surface area contributed by atoms with Gasteiger partial charge in [-0.1, -0.05) is 6.08 Å². The van der Waals surface area contributed by atoms with E-state index in [2.05, 4.69) is 27.2 Å². The van der Waals surface area contributed by atoms with Crippen LogP contribution in [0.1, 0.15) is 24.6 Å². The second-order valence-electron chi connectivity index (χ2n) is 4.95. The molecule has 1 aromatic rings. The van der Waals surface area contributed by atoms with Gasteiger partial charge in [-0.25, -0.2) is 4.79 Å². The van der Waals surface area contributed by atoms with Crippen LogP contribution >= 0.6 is 0 Å². The number of aromatic nitrogens is 2. The summed E-state index contributed by atoms with van der Waals surface area (Å²) in [6.45, 7) is 3.67. The minimum absolute atomic E-state index is 0.0727. The number of nitrogens with zero attached hydrogens (tertiary/aromatic N) is 2. The predicted octanol–water partition coefficient (Wildman–Crippen LogP) is 0.543. The van der Waals surface area contributed by atoms with Crippen LogP contribution in [-0.4, -0.2) is 47.4 Å². The molecule has 3 N–H and O–H groups in total. The van der Waals surface area contributed by atoms with E-state index in [0.717, 1.165) is 0 Å². The second-order valence-corrected chi connectivity index (χ2v) is 4.95. The molecule has 2 amide bonds. The molecule has 2 rings (SSSR count). The van der Waals surface area contributed by atoms with Gasteiger partial charge in [0.2, 0.25) is 5.88 Å². The minimum Gasteiger partial charge on any atom is -0.481 e. The Morgan fingerprint density at radius 2 is 2.23 bits per heavy atom. The first-order chi connectivity index (χ1) is 10.6. The van der Waals surface area contributed by atoms with Gasteiger partial charge in [0.1, 0.15) is 6.10 Å². The highest BCUT2D eigenvalue weighted by Crippen LogP contribution is 2.25. The Hall–Kier alpha value is -2.35. The van der Waals surface area contributed by atoms with Crippen molar-refractivity contribution in [2.24, 2.45) is 0 Å². The summed E-state index contributed by atoms with van der Waals surface area (Å²) in [5.41, 5.74) is 0.327. The normalized spacial score (nSPS) is 22.2. The van der Waals surface area contributed by atoms with E-state index in [1.54, 1.807) is 6.08 Å². The lowest BCUT2D eigenvalue weighted by Crippen LogP contribution is -2.56. The van der Waals surface area contributed by atoms with Crippen molar-refractivity contribution in [2.45, 2.75) is 31.0 Å². The second kappa shape index (κ2) is 7.08. The van der Waals surface area contributed by atoms with Crippen LogP contribution in [0.4, 0.5) is 4.79 Å². The lowest BCUT2D eigenvalue weighted by molar-refractivity contribution is 0.106. The van der Waals surface area contributed by atoms with Crippen molar-refractivity contribution in [3.8, 4) is 11.9 Å². The average molecular weight is 308 g/mol. The van der Waals surface area contributed by atoms with Crippen LogP contribution in [0.2, 0.25) is 0 Å². The molecule has 0 saturated carbocycles. The van der Waals surface area contributed by atoms with Gasteiger partial charge in [0, 0.05) is 12.1 Å². The number of aliphatic hydroxyl groups excluding tert-OH is 1. The maximum Gasteiger partial charge on any atom is 0.319 e. The van der Waals surface area contributed by atoms with Gasteiger partial charge in [-0.15, -0.1) is 6.58 Å². The Morgan fingerprint density at radius 1 is 1.45 bits per heavy atom. The highest BCUT2D eigenvalue weighted by atomic mass is 16.5. The van der Waals surface area contributed by atoms with Gasteiger partial charge in [0.05, 0.1) is 26.0 Å². The fraction of sp³-hybridized carbons (Fsp3) is 0.500. The van der Waals surface area contributed by atoms with Gasteiger partial charge in [-0.05, 0) is 12.8 Å². The third-order valence-electron chi connectivity index (χ3n) is 3.42. The molecule has 0 aromatic carbocycles. The number of carbonyl (C=O) groups is 1. The number of urea groups is 1. The number of hydrogen-bond donors (Lipinski definition) is 3. The largest absolute Gasteiger partial charge is 0.481 e. The fourth-order valence-corrected chi connectivity index (χ4v) is 2.36. The number of nitrogens with one attached hydrogen (secondary N) is 2. The number of amides is 2. The molecule has 0 spiro atoms. The predicted molar refractivity (Wildman–Crippen MR) is 78.8 cm³/mol. The van der Waals surface area contributed by atoms with Gasteiger partial charge in [0.15, 0.2) is 0 Å². The molecule has 0 unspecified atom stereocenters. The molecule has 120 valence electrons. The fourth-order valence-electron chi connectivity index (χ4n) is 2.36. The van der Waals surface area contributed by atoms with Gasteiger partial charge in [0.25, 0.3) is 0 Å². The number of hydrogen-bond acceptors (Lipinski definition) is 6. The number of carbonyl (C=O) groups excluding carboxylic acids is 1. The summed E-state index contributed by atoms with van der Waals surface area (Å²) in [7, 11) is 2.89. The lowest BCUT2D eigenvalue weighted by Gasteiger charge is -2.33. The molecular formula is C14H20N4O4. The molecule has 8 heteroatoms. The Kier molecular flexibility index (Phi) is 5.16. The van der Waals surface area contributed by atoms with E-state index in [9.17, 15) is 9.90 Å². The van der Waals surface area contributed by atoms with Crippen LogP contribution in [0, 0.1) is 0 Å². The van der Waals surface area contributed by atoms with E-state index in [-0.39, 0.29) is 24.0 Å². The summed E-state index contributed by atoms with van der Waals surface area (Å²) in [5.74, 6) is 0.281. The zero-order chi connectivity index (χ0) is 16.1. The monoisotopic (exact) mass is 308 g/mol. The summed E-state index contributed by atoms with van der Waals surface area (Å²) in [4.78, 5) is 19.8. The molecule has 1 aliphatic heterocycles. The van der Waals surface area contributed by atoms with Gasteiger partial charge < -0.3 is 25.2 Å². The number of ether oxygens (including phenoxy) is 2. The van der Waals surface area contributed by atoms with Crippen LogP contribution in [0.25, 0.3) is 0 Å². The van der Waals surface area contributed by atoms with E-state index in [1.165, 1.54) is 20.3 Å². The van der Waals surface area contributed by atoms with Crippen LogP contribution < -0.4 is 20.1 Å². The Bertz CT molecular complexity index is 529. The zero-order valence-corrected chi connectivity index (χ0v) is 12.6. The molecule has 0 aliphatic carbocycles. The van der Waals surface area contributed by atoms with Crippen molar-refractivity contribution >= 4 is 6.03 Å². The molecule has 1 saturated heterocycles. The topological polar surface area (TPSA) is 106 Å². The number of methoxy groups -OCH3 is 2. The Morgan fingerprint density at radius 3 is 2.86 bits per heavy atom. The van der Waals surface area contributed by atoms with E-state index in [4.69, 9.17) is 9.47 Å². The summed E-state index contributed by atoms with van der Waals surface area (Å²) in [5, 5.41) is 16.0. The minimum atomic E-state index is -0.996. The summed E-state index contributed by atoms with van der Waals surface area (Å²) in [6, 6.07) is 0.746. The maximum absolute atomic E-state index is 11.7. The van der Waals surface area contributed by atoms with Crippen LogP contribution in [0.15, 0.2) is 18.7 Å². The first-order valence-electron chi connectivity index (χ1n) is 6.90. The smallest absolute Gasteiger partial charge is 0.319 e. The van der Waals surface area contributed by atoms with E-state index < -0.39 is 12.1 Å². The molecule has 8 nitrogen and oxygen atoms in total. The summed E-state index contributed by atoms with van der Waals surface area (Å²) in [6.07, 6.45) is 1.92. The molecule has 2 heterocycles. The van der Waals surface area contributed by atoms with Crippen molar-refractivity contribution in [2.75, 3.05) is 14.2 Å². The average Bonchev–Trinajstić information content (AvgIpc) is 2.53. The van der Waals surface area contributed by atoms with Crippen molar-refractivity contribution in [1.82, 2.24) is 20.6 Å². The molecule has 1 aliphatic rings. The molecule has 1 fully saturated rings. The summed E-state index contributed by atoms with van der Waals surface area (Å²) >= 11 is 0. The van der Waals surface area contributed by atoms with E-state index in [0.29, 0.717) is 18.5 Å². The van der Waals surface area contributed by atoms with E-state index >= 15 is 0 Å². The van der Waals surface area contributed by atoms with Crippen molar-refractivity contribution in [1.29, 1.82) is 0 Å². The van der Waals surface area contributed by atoms with Crippen molar-refractivity contribution < 1.29 is 19.4 Å². The SMILES string of the molecule is C=CC[C@@H]1C[C@H]([C@H](O)c2cc(OC)nc(OC)n2)NC(=O)N1. The first kappa shape index (κ1) is 16.0. The number of aliphatic hydroxyl groups is 1. The number of rotatable bonds is 6. The molecule has 0 radical (unpaired) electrons. The quantitative estimate of drug-likeness (QED) is 0.663. The molecular weight excluding hydrogens is 288 g/mol. The van der Waals surface area contributed by atoms with Gasteiger partial charge in [-0.2, -0.15) is 9.97 Å². The van der Waals surface area contributed by atoms with Crippen molar-refractivity contribution in [3.63, 3.8) is 0 Å². The third-order valence-corrected chi connectivity index (χ3v) is 3.42. The van der Waals surface area contributed by atoms with Gasteiger partial charge in [-0.3, -0.25) is 0 Å². The molecule has 22 heavy (non-hydrogen) atoms. The first-order valence-corrected chi connectivity index (χ1v) is 6.90. The van der Waals surface area contributed by atoms with Crippen LogP contribution in [0.3, 0.4) is 0 Å². The molecule has 0 bridgehead atoms. The highest BCUT2D eigenvalue weighted by molar-refractivity contribution is 5.75. The van der Waals surface area contributed by atoms with Crippen molar-refractivity contribution in [3.05, 3.63) is 24.4 Å². The maximum atomic E-state index is 11.7. The molecule has 1 aromatic heterocycles. The zero-order valence-electron chi connectivity index (χ0n) is 12.6. The molecule has 3 atom stereocenters. The summed E-state index contributed by atoms with van der Waals surface area (Å²) < 4.78 is 10.0. The Labute approximate surface area is 128 Å². The third kappa shape index (κ3) is 3.64. The Balaban J connectivity index is 2.20. The lowest BCUT2D eigenvalue weighted by atomic mass is 9.96. The van der Waals surface area contributed by atoms with E-state index in [1.807, 2.05) is 0 Å². The van der Waals surface area contributed by atoms with Crippen LogP contribution in [-0.2, 0) is 0 Å².